The summed E-state index contributed by atoms with van der Waals surface area (Å²) in [6, 6.07) is 6.99. The fourth-order valence-electron chi connectivity index (χ4n) is 2.61. The van der Waals surface area contributed by atoms with E-state index in [1.165, 1.54) is 0 Å². The second-order valence-electron chi connectivity index (χ2n) is 5.92. The molecule has 0 bridgehead atoms. The Hall–Kier alpha value is -2.08. The molecule has 5 nitrogen and oxygen atoms in total. The maximum absolute atomic E-state index is 11.4. The Labute approximate surface area is 161 Å². The van der Waals surface area contributed by atoms with Gasteiger partial charge in [0, 0.05) is 29.4 Å². The average Bonchev–Trinajstić information content (AvgIpc) is 2.59. The van der Waals surface area contributed by atoms with Gasteiger partial charge in [-0.15, -0.1) is 0 Å². The highest BCUT2D eigenvalue weighted by Crippen LogP contribution is 2.33. The van der Waals surface area contributed by atoms with Crippen LogP contribution in [0.3, 0.4) is 0 Å². The largest absolute Gasteiger partial charge is 0.488 e. The number of aromatic nitrogens is 1. The van der Waals surface area contributed by atoms with Gasteiger partial charge >= 0.3 is 5.97 Å². The minimum Gasteiger partial charge on any atom is -0.488 e. The summed E-state index contributed by atoms with van der Waals surface area (Å²) in [6.07, 6.45) is 5.94. The van der Waals surface area contributed by atoms with Crippen molar-refractivity contribution in [1.82, 2.24) is 4.98 Å². The number of ether oxygens (including phenoxy) is 2. The number of carbonyl (C=O) groups is 1. The van der Waals surface area contributed by atoms with Crippen LogP contribution in [-0.2, 0) is 16.1 Å². The molecule has 1 aromatic heterocycles. The molecule has 0 saturated carbocycles. The molecule has 2 atom stereocenters. The van der Waals surface area contributed by atoms with Crippen molar-refractivity contribution in [3.63, 3.8) is 0 Å². The van der Waals surface area contributed by atoms with E-state index in [1.807, 2.05) is 12.1 Å². The lowest BCUT2D eigenvalue weighted by Gasteiger charge is -2.23. The van der Waals surface area contributed by atoms with Gasteiger partial charge in [0.25, 0.3) is 0 Å². The van der Waals surface area contributed by atoms with Gasteiger partial charge < -0.3 is 14.6 Å². The predicted molar refractivity (Wildman–Crippen MR) is 99.2 cm³/mol. The fourth-order valence-corrected chi connectivity index (χ4v) is 3.15. The lowest BCUT2D eigenvalue weighted by Crippen LogP contribution is -2.31. The maximum atomic E-state index is 11.4. The summed E-state index contributed by atoms with van der Waals surface area (Å²) in [5, 5.41) is 10.6. The van der Waals surface area contributed by atoms with E-state index in [-0.39, 0.29) is 6.42 Å². The molecule has 1 fully saturated rings. The summed E-state index contributed by atoms with van der Waals surface area (Å²) < 4.78 is 11.1. The van der Waals surface area contributed by atoms with Crippen molar-refractivity contribution >= 4 is 35.2 Å². The summed E-state index contributed by atoms with van der Waals surface area (Å²) >= 11 is 12.4. The number of esters is 1. The quantitative estimate of drug-likeness (QED) is 0.775. The number of hydrogen-bond acceptors (Lipinski definition) is 5. The van der Waals surface area contributed by atoms with Crippen LogP contribution in [0.4, 0.5) is 0 Å². The molecular formula is C19H17Cl2NO4. The molecule has 3 rings (SSSR count). The standard InChI is InChI=1S/C19H17Cl2NO4/c20-13-7-17(21)16(2-1-15-9-14(23)10-19(24)26-15)18(8-13)25-11-12-3-5-22-6-4-12/h1-8,14-15,23H,9-11H2/b2-1+/t14-,15-/m1/s1. The van der Waals surface area contributed by atoms with E-state index < -0.39 is 18.2 Å². The maximum Gasteiger partial charge on any atom is 0.309 e. The van der Waals surface area contributed by atoms with Gasteiger partial charge in [-0.1, -0.05) is 29.3 Å². The minimum absolute atomic E-state index is 0.0202. The third-order valence-electron chi connectivity index (χ3n) is 3.87. The Balaban J connectivity index is 1.79. The number of benzene rings is 1. The van der Waals surface area contributed by atoms with Crippen molar-refractivity contribution in [2.75, 3.05) is 0 Å². The third kappa shape index (κ3) is 4.97. The van der Waals surface area contributed by atoms with Gasteiger partial charge in [0.05, 0.1) is 17.5 Å². The second kappa shape index (κ2) is 8.54. The smallest absolute Gasteiger partial charge is 0.309 e. The van der Waals surface area contributed by atoms with Gasteiger partial charge in [-0.3, -0.25) is 9.78 Å². The monoisotopic (exact) mass is 393 g/mol. The number of hydrogen-bond donors (Lipinski definition) is 1. The Morgan fingerprint density at radius 3 is 2.81 bits per heavy atom. The molecule has 0 unspecified atom stereocenters. The normalized spacial score (nSPS) is 20.2. The number of nitrogens with zero attached hydrogens (tertiary/aromatic N) is 1. The lowest BCUT2D eigenvalue weighted by molar-refractivity contribution is -0.156. The molecule has 0 radical (unpaired) electrons. The Kier molecular flexibility index (Phi) is 6.14. The van der Waals surface area contributed by atoms with Crippen LogP contribution in [0.15, 0.2) is 42.7 Å². The topological polar surface area (TPSA) is 68.7 Å². The zero-order valence-corrected chi connectivity index (χ0v) is 15.3. The number of carbonyl (C=O) groups excluding carboxylic acids is 1. The van der Waals surface area contributed by atoms with Gasteiger partial charge in [0.1, 0.15) is 18.5 Å². The van der Waals surface area contributed by atoms with Crippen LogP contribution in [0, 0.1) is 0 Å². The third-order valence-corrected chi connectivity index (χ3v) is 4.40. The minimum atomic E-state index is -0.700. The number of rotatable bonds is 5. The van der Waals surface area contributed by atoms with E-state index in [2.05, 4.69) is 4.98 Å². The van der Waals surface area contributed by atoms with Gasteiger partial charge in [-0.05, 0) is 35.9 Å². The number of halogens is 2. The van der Waals surface area contributed by atoms with Crippen LogP contribution < -0.4 is 4.74 Å². The predicted octanol–water partition coefficient (Wildman–Crippen LogP) is 4.05. The van der Waals surface area contributed by atoms with E-state index in [1.54, 1.807) is 36.7 Å². The molecule has 1 aliphatic rings. The first-order chi connectivity index (χ1) is 12.5. The number of aliphatic hydroxyl groups is 1. The molecule has 136 valence electrons. The lowest BCUT2D eigenvalue weighted by atomic mass is 10.0. The summed E-state index contributed by atoms with van der Waals surface area (Å²) in [5.74, 6) is 0.0908. The van der Waals surface area contributed by atoms with Crippen LogP contribution in [0.1, 0.15) is 24.0 Å². The van der Waals surface area contributed by atoms with Crippen LogP contribution in [-0.4, -0.2) is 28.3 Å². The number of cyclic esters (lactones) is 1. The molecule has 7 heteroatoms. The van der Waals surface area contributed by atoms with E-state index in [9.17, 15) is 9.90 Å². The molecule has 0 amide bonds. The summed E-state index contributed by atoms with van der Waals surface area (Å²) in [6.45, 7) is 0.331. The van der Waals surface area contributed by atoms with E-state index in [0.717, 1.165) is 5.56 Å². The molecule has 26 heavy (non-hydrogen) atoms. The molecule has 2 heterocycles. The molecule has 1 N–H and O–H groups in total. The second-order valence-corrected chi connectivity index (χ2v) is 6.77. The first-order valence-electron chi connectivity index (χ1n) is 8.08. The summed E-state index contributed by atoms with van der Waals surface area (Å²) in [5.41, 5.74) is 1.58. The van der Waals surface area contributed by atoms with Crippen LogP contribution in [0.25, 0.3) is 6.08 Å². The van der Waals surface area contributed by atoms with Crippen LogP contribution in [0.2, 0.25) is 10.0 Å². The first kappa shape index (κ1) is 18.7. The van der Waals surface area contributed by atoms with E-state index in [0.29, 0.717) is 34.4 Å². The molecule has 1 saturated heterocycles. The Morgan fingerprint density at radius 2 is 2.08 bits per heavy atom. The Morgan fingerprint density at radius 1 is 1.31 bits per heavy atom. The SMILES string of the molecule is O=C1C[C@H](O)C[C@@H](/C=C/c2c(Cl)cc(Cl)cc2OCc2ccncc2)O1. The average molecular weight is 394 g/mol. The van der Waals surface area contributed by atoms with Crippen molar-refractivity contribution in [1.29, 1.82) is 0 Å². The highest BCUT2D eigenvalue weighted by atomic mass is 35.5. The molecule has 0 spiro atoms. The van der Waals surface area contributed by atoms with E-state index >= 15 is 0 Å². The fraction of sp³-hybridized carbons (Fsp3) is 0.263. The van der Waals surface area contributed by atoms with Crippen molar-refractivity contribution in [2.24, 2.45) is 0 Å². The highest BCUT2D eigenvalue weighted by molar-refractivity contribution is 6.35. The molecule has 2 aromatic rings. The zero-order valence-electron chi connectivity index (χ0n) is 13.8. The highest BCUT2D eigenvalue weighted by Gasteiger charge is 2.25. The van der Waals surface area contributed by atoms with Gasteiger partial charge in [0.15, 0.2) is 0 Å². The molecule has 1 aromatic carbocycles. The first-order valence-corrected chi connectivity index (χ1v) is 8.83. The van der Waals surface area contributed by atoms with Gasteiger partial charge in [-0.2, -0.15) is 0 Å². The van der Waals surface area contributed by atoms with E-state index in [4.69, 9.17) is 32.7 Å². The number of aliphatic hydroxyl groups excluding tert-OH is 1. The van der Waals surface area contributed by atoms with Crippen LogP contribution in [0.5, 0.6) is 5.75 Å². The van der Waals surface area contributed by atoms with Crippen molar-refractivity contribution in [2.45, 2.75) is 31.7 Å². The summed E-state index contributed by atoms with van der Waals surface area (Å²) in [4.78, 5) is 15.4. The Bertz CT molecular complexity index is 811. The van der Waals surface area contributed by atoms with Crippen molar-refractivity contribution < 1.29 is 19.4 Å². The molecular weight excluding hydrogens is 377 g/mol. The number of pyridine rings is 1. The van der Waals surface area contributed by atoms with Crippen molar-refractivity contribution in [3.8, 4) is 5.75 Å². The van der Waals surface area contributed by atoms with Crippen LogP contribution >= 0.6 is 23.2 Å². The summed E-state index contributed by atoms with van der Waals surface area (Å²) in [7, 11) is 0. The molecule has 0 aliphatic carbocycles. The van der Waals surface area contributed by atoms with Gasteiger partial charge in [0.2, 0.25) is 0 Å². The molecule has 1 aliphatic heterocycles. The van der Waals surface area contributed by atoms with Gasteiger partial charge in [-0.25, -0.2) is 0 Å². The van der Waals surface area contributed by atoms with Crippen molar-refractivity contribution in [3.05, 3.63) is 63.9 Å². The zero-order chi connectivity index (χ0) is 18.5.